The van der Waals surface area contributed by atoms with E-state index in [1.807, 2.05) is 6.92 Å². The summed E-state index contributed by atoms with van der Waals surface area (Å²) in [4.78, 5) is 15.9. The Kier molecular flexibility index (Phi) is 3.59. The lowest BCUT2D eigenvalue weighted by Gasteiger charge is -2.51. The van der Waals surface area contributed by atoms with Gasteiger partial charge in [0.25, 0.3) is 5.91 Å². The number of nitrogens with two attached hydrogens (primary N) is 1. The van der Waals surface area contributed by atoms with Crippen LogP contribution >= 0.6 is 11.3 Å². The molecule has 0 radical (unpaired) electrons. The summed E-state index contributed by atoms with van der Waals surface area (Å²) < 4.78 is 5.63. The second-order valence-electron chi connectivity index (χ2n) is 5.10. The molecule has 0 spiro atoms. The molecule has 1 saturated carbocycles. The van der Waals surface area contributed by atoms with Gasteiger partial charge < -0.3 is 15.8 Å². The highest BCUT2D eigenvalue weighted by Crippen LogP contribution is 2.42. The van der Waals surface area contributed by atoms with Crippen molar-refractivity contribution in [3.05, 3.63) is 11.1 Å². The maximum atomic E-state index is 12.0. The van der Waals surface area contributed by atoms with Crippen LogP contribution in [0.5, 0.6) is 0 Å². The summed E-state index contributed by atoms with van der Waals surface area (Å²) in [6.45, 7) is 6.91. The highest BCUT2D eigenvalue weighted by molar-refractivity contribution is 7.13. The van der Waals surface area contributed by atoms with E-state index >= 15 is 0 Å². The molecule has 6 heteroatoms. The lowest BCUT2D eigenvalue weighted by Crippen LogP contribution is -2.62. The number of hydrogen-bond donors (Lipinski definition) is 2. The molecule has 2 atom stereocenters. The van der Waals surface area contributed by atoms with Gasteiger partial charge in [-0.15, -0.1) is 11.3 Å². The predicted octanol–water partition coefficient (Wildman–Crippen LogP) is 1.66. The summed E-state index contributed by atoms with van der Waals surface area (Å²) in [5.74, 6) is -0.157. The Balaban J connectivity index is 1.94. The number of nitrogens with one attached hydrogen (secondary N) is 1. The van der Waals surface area contributed by atoms with Gasteiger partial charge in [-0.05, 0) is 13.3 Å². The van der Waals surface area contributed by atoms with Gasteiger partial charge in [-0.3, -0.25) is 4.79 Å². The van der Waals surface area contributed by atoms with Gasteiger partial charge in [0.2, 0.25) is 0 Å². The third-order valence-electron chi connectivity index (χ3n) is 3.61. The molecule has 1 aromatic heterocycles. The molecular weight excluding hydrogens is 250 g/mol. The van der Waals surface area contributed by atoms with Crippen LogP contribution in [0.3, 0.4) is 0 Å². The fourth-order valence-corrected chi connectivity index (χ4v) is 2.78. The Morgan fingerprint density at radius 3 is 2.94 bits per heavy atom. The van der Waals surface area contributed by atoms with Crippen molar-refractivity contribution in [2.24, 2.45) is 5.41 Å². The number of carbonyl (C=O) groups excluding carboxylic acids is 1. The Hall–Kier alpha value is -1.14. The quantitative estimate of drug-likeness (QED) is 0.871. The van der Waals surface area contributed by atoms with Gasteiger partial charge >= 0.3 is 0 Å². The number of rotatable bonds is 4. The fraction of sp³-hybridized carbons (Fsp3) is 0.667. The first-order chi connectivity index (χ1) is 8.45. The largest absolute Gasteiger partial charge is 0.378 e. The average Bonchev–Trinajstić information content (AvgIpc) is 2.74. The van der Waals surface area contributed by atoms with Crippen molar-refractivity contribution in [1.82, 2.24) is 10.3 Å². The third kappa shape index (κ3) is 2.35. The Bertz CT molecular complexity index is 444. The highest BCUT2D eigenvalue weighted by Gasteiger charge is 2.49. The maximum absolute atomic E-state index is 12.0. The monoisotopic (exact) mass is 269 g/mol. The number of nitrogen functional groups attached to an aromatic ring is 1. The molecule has 0 aliphatic heterocycles. The Morgan fingerprint density at radius 1 is 1.72 bits per heavy atom. The van der Waals surface area contributed by atoms with Gasteiger partial charge in [0.15, 0.2) is 5.13 Å². The van der Waals surface area contributed by atoms with Gasteiger partial charge in [-0.2, -0.15) is 0 Å². The van der Waals surface area contributed by atoms with E-state index in [-0.39, 0.29) is 23.5 Å². The minimum Gasteiger partial charge on any atom is -0.378 e. The van der Waals surface area contributed by atoms with Crippen LogP contribution in [-0.4, -0.2) is 29.6 Å². The number of ether oxygens (including phenoxy) is 1. The van der Waals surface area contributed by atoms with Crippen molar-refractivity contribution in [1.29, 1.82) is 0 Å². The number of thiazole rings is 1. The summed E-state index contributed by atoms with van der Waals surface area (Å²) in [5.41, 5.74) is 5.88. The van der Waals surface area contributed by atoms with Crippen LogP contribution in [-0.2, 0) is 4.74 Å². The fourth-order valence-electron chi connectivity index (χ4n) is 2.24. The van der Waals surface area contributed by atoms with Crippen LogP contribution in [0.15, 0.2) is 5.38 Å². The number of hydrogen-bond acceptors (Lipinski definition) is 5. The van der Waals surface area contributed by atoms with Gasteiger partial charge in [-0.1, -0.05) is 13.8 Å². The molecule has 1 fully saturated rings. The molecule has 0 aromatic carbocycles. The molecule has 1 amide bonds. The van der Waals surface area contributed by atoms with Crippen molar-refractivity contribution >= 4 is 22.4 Å². The zero-order valence-corrected chi connectivity index (χ0v) is 11.7. The van der Waals surface area contributed by atoms with Crippen molar-refractivity contribution in [2.45, 2.75) is 39.3 Å². The number of aromatic nitrogens is 1. The predicted molar refractivity (Wildman–Crippen MR) is 71.6 cm³/mol. The maximum Gasteiger partial charge on any atom is 0.271 e. The molecule has 5 nitrogen and oxygen atoms in total. The summed E-state index contributed by atoms with van der Waals surface area (Å²) in [6, 6.07) is 0.129. The molecule has 1 aliphatic rings. The van der Waals surface area contributed by atoms with E-state index in [1.165, 1.54) is 11.3 Å². The lowest BCUT2D eigenvalue weighted by atomic mass is 9.64. The molecule has 1 aromatic rings. The van der Waals surface area contributed by atoms with Crippen LogP contribution in [0.2, 0.25) is 0 Å². The molecule has 1 aliphatic carbocycles. The summed E-state index contributed by atoms with van der Waals surface area (Å²) in [6.07, 6.45) is 1.07. The standard InChI is InChI=1S/C12H19N3O2S/c1-4-17-9-5-8(12(9,2)3)15-10(16)7-6-18-11(13)14-7/h6,8-9H,4-5H2,1-3H3,(H2,13,14)(H,15,16). The number of amides is 1. The van der Waals surface area contributed by atoms with Crippen molar-refractivity contribution in [2.75, 3.05) is 12.3 Å². The first kappa shape index (κ1) is 13.3. The number of anilines is 1. The van der Waals surface area contributed by atoms with Crippen molar-refractivity contribution in [3.8, 4) is 0 Å². The number of carbonyl (C=O) groups is 1. The topological polar surface area (TPSA) is 77.2 Å². The first-order valence-corrected chi connectivity index (χ1v) is 6.96. The molecule has 1 heterocycles. The second kappa shape index (κ2) is 4.85. The van der Waals surface area contributed by atoms with Crippen LogP contribution in [0.4, 0.5) is 5.13 Å². The molecule has 100 valence electrons. The summed E-state index contributed by atoms with van der Waals surface area (Å²) >= 11 is 1.28. The van der Waals surface area contributed by atoms with Crippen LogP contribution in [0.25, 0.3) is 0 Å². The zero-order valence-electron chi connectivity index (χ0n) is 10.9. The van der Waals surface area contributed by atoms with E-state index in [9.17, 15) is 4.79 Å². The molecule has 0 bridgehead atoms. The molecule has 18 heavy (non-hydrogen) atoms. The van der Waals surface area contributed by atoms with Gasteiger partial charge in [-0.25, -0.2) is 4.98 Å². The second-order valence-corrected chi connectivity index (χ2v) is 5.99. The minimum atomic E-state index is -0.157. The van der Waals surface area contributed by atoms with E-state index in [4.69, 9.17) is 10.5 Å². The van der Waals surface area contributed by atoms with Gasteiger partial charge in [0, 0.05) is 23.4 Å². The molecule has 2 rings (SSSR count). The highest BCUT2D eigenvalue weighted by atomic mass is 32.1. The molecule has 2 unspecified atom stereocenters. The van der Waals surface area contributed by atoms with Crippen LogP contribution in [0, 0.1) is 5.41 Å². The van der Waals surface area contributed by atoms with Crippen molar-refractivity contribution < 1.29 is 9.53 Å². The smallest absolute Gasteiger partial charge is 0.271 e. The normalized spacial score (nSPS) is 25.5. The van der Waals surface area contributed by atoms with Crippen LogP contribution < -0.4 is 11.1 Å². The molecular formula is C12H19N3O2S. The van der Waals surface area contributed by atoms with Crippen molar-refractivity contribution in [3.63, 3.8) is 0 Å². The van der Waals surface area contributed by atoms with E-state index in [0.29, 0.717) is 17.4 Å². The summed E-state index contributed by atoms with van der Waals surface area (Å²) in [7, 11) is 0. The van der Waals surface area contributed by atoms with E-state index in [0.717, 1.165) is 6.42 Å². The Morgan fingerprint density at radius 2 is 2.44 bits per heavy atom. The molecule has 0 saturated heterocycles. The SMILES string of the molecule is CCOC1CC(NC(=O)c2csc(N)n2)C1(C)C. The van der Waals surface area contributed by atoms with E-state index in [2.05, 4.69) is 24.1 Å². The van der Waals surface area contributed by atoms with E-state index < -0.39 is 0 Å². The van der Waals surface area contributed by atoms with Gasteiger partial charge in [0.05, 0.1) is 6.10 Å². The summed E-state index contributed by atoms with van der Waals surface area (Å²) in [5, 5.41) is 5.09. The van der Waals surface area contributed by atoms with Crippen LogP contribution in [0.1, 0.15) is 37.7 Å². The van der Waals surface area contributed by atoms with Gasteiger partial charge in [0.1, 0.15) is 5.69 Å². The zero-order chi connectivity index (χ0) is 13.3. The third-order valence-corrected chi connectivity index (χ3v) is 4.28. The first-order valence-electron chi connectivity index (χ1n) is 6.08. The molecule has 3 N–H and O–H groups in total. The Labute approximate surface area is 111 Å². The number of nitrogens with zero attached hydrogens (tertiary/aromatic N) is 1. The minimum absolute atomic E-state index is 0.0345. The average molecular weight is 269 g/mol. The lowest BCUT2D eigenvalue weighted by molar-refractivity contribution is -0.111. The van der Waals surface area contributed by atoms with E-state index in [1.54, 1.807) is 5.38 Å².